The highest BCUT2D eigenvalue weighted by Gasteiger charge is 2.37. The summed E-state index contributed by atoms with van der Waals surface area (Å²) in [5.41, 5.74) is 4.12. The molecule has 2 aliphatic heterocycles. The van der Waals surface area contributed by atoms with E-state index in [0.717, 1.165) is 57.3 Å². The minimum absolute atomic E-state index is 0.230. The third kappa shape index (κ3) is 7.62. The highest BCUT2D eigenvalue weighted by Crippen LogP contribution is 2.38. The van der Waals surface area contributed by atoms with Crippen LogP contribution in [0, 0.1) is 0 Å². The van der Waals surface area contributed by atoms with Gasteiger partial charge in [0.1, 0.15) is 11.5 Å². The van der Waals surface area contributed by atoms with Crippen LogP contribution in [0.1, 0.15) is 69.1 Å². The largest absolute Gasteiger partial charge is 0.497 e. The molecule has 6 heteroatoms. The Morgan fingerprint density at radius 2 is 1.58 bits per heavy atom. The molecular formula is C32H50N2O3Si. The maximum atomic E-state index is 6.55. The molecule has 38 heavy (non-hydrogen) atoms. The maximum Gasteiger partial charge on any atom is 0.192 e. The molecule has 0 bridgehead atoms. The quantitative estimate of drug-likeness (QED) is 0.229. The van der Waals surface area contributed by atoms with E-state index in [2.05, 4.69) is 86.1 Å². The number of nitrogens with zero attached hydrogens (tertiary/aromatic N) is 2. The molecular weight excluding hydrogens is 488 g/mol. The number of rotatable bonds is 11. The minimum Gasteiger partial charge on any atom is -0.497 e. The molecule has 0 saturated carbocycles. The third-order valence-electron chi connectivity index (χ3n) is 8.86. The molecule has 0 spiro atoms. The summed E-state index contributed by atoms with van der Waals surface area (Å²) in [5, 5.41) is 0.230. The Kier molecular flexibility index (Phi) is 9.96. The van der Waals surface area contributed by atoms with Gasteiger partial charge in [-0.2, -0.15) is 0 Å². The molecule has 2 aromatic carbocycles. The summed E-state index contributed by atoms with van der Waals surface area (Å²) in [4.78, 5) is 5.15. The first-order valence-corrected chi connectivity index (χ1v) is 17.6. The summed E-state index contributed by atoms with van der Waals surface area (Å²) in [6.07, 6.45) is 5.17. The van der Waals surface area contributed by atoms with Crippen molar-refractivity contribution < 1.29 is 13.9 Å². The number of hydrogen-bond acceptors (Lipinski definition) is 5. The number of likely N-dealkylation sites (tertiary alicyclic amines) is 1. The van der Waals surface area contributed by atoms with Crippen molar-refractivity contribution in [2.24, 2.45) is 0 Å². The molecule has 5 nitrogen and oxygen atoms in total. The van der Waals surface area contributed by atoms with E-state index >= 15 is 0 Å². The Hall–Kier alpha value is -1.86. The molecule has 2 heterocycles. The monoisotopic (exact) mass is 538 g/mol. The summed E-state index contributed by atoms with van der Waals surface area (Å²) in [6.45, 7) is 19.7. The minimum atomic E-state index is -1.76. The van der Waals surface area contributed by atoms with Crippen LogP contribution in [-0.4, -0.2) is 71.2 Å². The van der Waals surface area contributed by atoms with E-state index in [4.69, 9.17) is 13.9 Å². The van der Waals surface area contributed by atoms with E-state index in [1.807, 2.05) is 0 Å². The number of piperidine rings is 1. The van der Waals surface area contributed by atoms with Crippen LogP contribution in [-0.2, 0) is 11.0 Å². The molecule has 1 atom stereocenters. The smallest absolute Gasteiger partial charge is 0.192 e. The Morgan fingerprint density at radius 1 is 0.868 bits per heavy atom. The molecule has 0 amide bonds. The molecule has 4 rings (SSSR count). The molecule has 0 N–H and O–H groups in total. The second kappa shape index (κ2) is 13.0. The number of benzene rings is 2. The van der Waals surface area contributed by atoms with Gasteiger partial charge in [-0.1, -0.05) is 45.4 Å². The third-order valence-corrected chi connectivity index (χ3v) is 13.4. The number of methoxy groups -OCH3 is 1. The second-order valence-electron chi connectivity index (χ2n) is 12.6. The number of fused-ring (bicyclic) bond motifs is 1. The Bertz CT molecular complexity index is 1010. The highest BCUT2D eigenvalue weighted by molar-refractivity contribution is 6.74. The van der Waals surface area contributed by atoms with E-state index < -0.39 is 8.32 Å². The van der Waals surface area contributed by atoms with Gasteiger partial charge in [0, 0.05) is 38.7 Å². The van der Waals surface area contributed by atoms with Gasteiger partial charge in [0.25, 0.3) is 0 Å². The van der Waals surface area contributed by atoms with Gasteiger partial charge in [-0.25, -0.2) is 0 Å². The lowest BCUT2D eigenvalue weighted by Gasteiger charge is -2.38. The first-order chi connectivity index (χ1) is 18.2. The van der Waals surface area contributed by atoms with Gasteiger partial charge in [0.05, 0.1) is 13.7 Å². The van der Waals surface area contributed by atoms with Crippen LogP contribution in [0.25, 0.3) is 0 Å². The molecule has 1 fully saturated rings. The van der Waals surface area contributed by atoms with Gasteiger partial charge in [0.2, 0.25) is 0 Å². The summed E-state index contributed by atoms with van der Waals surface area (Å²) < 4.78 is 18.2. The summed E-state index contributed by atoms with van der Waals surface area (Å²) >= 11 is 0. The average Bonchev–Trinajstić information content (AvgIpc) is 2.90. The van der Waals surface area contributed by atoms with Gasteiger partial charge in [-0.05, 0) is 91.4 Å². The van der Waals surface area contributed by atoms with Gasteiger partial charge < -0.3 is 18.8 Å². The van der Waals surface area contributed by atoms with Crippen LogP contribution in [0.15, 0.2) is 42.5 Å². The van der Waals surface area contributed by atoms with Crippen molar-refractivity contribution in [2.75, 3.05) is 53.0 Å². The molecule has 2 aromatic rings. The predicted molar refractivity (Wildman–Crippen MR) is 160 cm³/mol. The average molecular weight is 539 g/mol. The number of hydrogen-bond donors (Lipinski definition) is 0. The Morgan fingerprint density at radius 3 is 2.26 bits per heavy atom. The van der Waals surface area contributed by atoms with Crippen molar-refractivity contribution in [3.05, 3.63) is 59.2 Å². The van der Waals surface area contributed by atoms with E-state index in [1.54, 1.807) is 7.11 Å². The van der Waals surface area contributed by atoms with Crippen molar-refractivity contribution in [1.29, 1.82) is 0 Å². The molecule has 0 radical (unpaired) electrons. The topological polar surface area (TPSA) is 34.2 Å². The molecule has 2 aliphatic rings. The fraction of sp³-hybridized carbons (Fsp3) is 0.625. The van der Waals surface area contributed by atoms with Gasteiger partial charge >= 0.3 is 0 Å². The van der Waals surface area contributed by atoms with Gasteiger partial charge in [-0.3, -0.25) is 4.90 Å². The molecule has 0 aliphatic carbocycles. The number of ether oxygens (including phenoxy) is 2. The SMILES string of the molecule is COc1ccc(C2CN(CCO[Si](C)(C)C(C)(C)C)Cc3cc(OCCCN4CCCCC4)ccc32)cc1. The predicted octanol–water partition coefficient (Wildman–Crippen LogP) is 6.92. The van der Waals surface area contributed by atoms with E-state index in [-0.39, 0.29) is 5.04 Å². The fourth-order valence-electron chi connectivity index (χ4n) is 5.41. The summed E-state index contributed by atoms with van der Waals surface area (Å²) in [7, 11) is -0.0317. The van der Waals surface area contributed by atoms with Crippen molar-refractivity contribution in [2.45, 2.75) is 77.0 Å². The zero-order valence-corrected chi connectivity index (χ0v) is 25.7. The van der Waals surface area contributed by atoms with E-state index in [0.29, 0.717) is 5.92 Å². The zero-order chi connectivity index (χ0) is 27.2. The van der Waals surface area contributed by atoms with Crippen molar-refractivity contribution in [3.63, 3.8) is 0 Å². The lowest BCUT2D eigenvalue weighted by atomic mass is 9.84. The molecule has 0 aromatic heterocycles. The summed E-state index contributed by atoms with van der Waals surface area (Å²) in [6, 6.07) is 15.3. The Balaban J connectivity index is 1.43. The highest BCUT2D eigenvalue weighted by atomic mass is 28.4. The first kappa shape index (κ1) is 29.1. The van der Waals surface area contributed by atoms with Gasteiger partial charge in [-0.15, -0.1) is 0 Å². The molecule has 1 unspecified atom stereocenters. The Labute approximate surface area is 232 Å². The maximum absolute atomic E-state index is 6.55. The lowest BCUT2D eigenvalue weighted by molar-refractivity contribution is 0.179. The van der Waals surface area contributed by atoms with Crippen LogP contribution in [0.4, 0.5) is 0 Å². The molecule has 1 saturated heterocycles. The standard InChI is InChI=1S/C32H50N2O3Si/c1-32(2,3)38(5,6)37-22-20-34-24-27-23-29(36-21-10-19-33-17-8-7-9-18-33)15-16-30(27)31(25-34)26-11-13-28(35-4)14-12-26/h11-16,23,31H,7-10,17-22,24-25H2,1-6H3. The van der Waals surface area contributed by atoms with E-state index in [9.17, 15) is 0 Å². The van der Waals surface area contributed by atoms with Crippen molar-refractivity contribution in [1.82, 2.24) is 9.80 Å². The van der Waals surface area contributed by atoms with Gasteiger partial charge in [0.15, 0.2) is 8.32 Å². The van der Waals surface area contributed by atoms with Crippen molar-refractivity contribution >= 4 is 8.32 Å². The summed E-state index contributed by atoms with van der Waals surface area (Å²) in [5.74, 6) is 2.22. The van der Waals surface area contributed by atoms with Crippen molar-refractivity contribution in [3.8, 4) is 11.5 Å². The molecule has 210 valence electrons. The van der Waals surface area contributed by atoms with Crippen LogP contribution >= 0.6 is 0 Å². The second-order valence-corrected chi connectivity index (χ2v) is 17.4. The van der Waals surface area contributed by atoms with Crippen LogP contribution in [0.2, 0.25) is 18.1 Å². The first-order valence-electron chi connectivity index (χ1n) is 14.6. The van der Waals surface area contributed by atoms with Crippen LogP contribution in [0.5, 0.6) is 11.5 Å². The van der Waals surface area contributed by atoms with Crippen LogP contribution < -0.4 is 9.47 Å². The lowest BCUT2D eigenvalue weighted by Crippen LogP contribution is -2.43. The van der Waals surface area contributed by atoms with Crippen LogP contribution in [0.3, 0.4) is 0 Å². The van der Waals surface area contributed by atoms with E-state index in [1.165, 1.54) is 49.0 Å². The zero-order valence-electron chi connectivity index (χ0n) is 24.7. The normalized spacial score (nSPS) is 19.3. The fourth-order valence-corrected chi connectivity index (χ4v) is 6.44.